The highest BCUT2D eigenvalue weighted by molar-refractivity contribution is 7.14. The van der Waals surface area contributed by atoms with Gasteiger partial charge in [0.15, 0.2) is 11.4 Å². The van der Waals surface area contributed by atoms with Crippen LogP contribution in [0.15, 0.2) is 47.8 Å². The number of alkyl halides is 3. The van der Waals surface area contributed by atoms with Crippen LogP contribution in [0, 0.1) is 10.1 Å². The second kappa shape index (κ2) is 8.78. The Morgan fingerprint density at radius 3 is 2.50 bits per heavy atom. The number of benzene rings is 2. The fraction of sp³-hybridized carbons (Fsp3) is 0.211. The van der Waals surface area contributed by atoms with Crippen molar-refractivity contribution in [3.8, 4) is 11.3 Å². The van der Waals surface area contributed by atoms with Crippen molar-refractivity contribution < 1.29 is 27.6 Å². The number of hydrogen-bond donors (Lipinski definition) is 1. The molecule has 0 fully saturated rings. The summed E-state index contributed by atoms with van der Waals surface area (Å²) in [4.78, 5) is 15.0. The number of anilines is 2. The summed E-state index contributed by atoms with van der Waals surface area (Å²) in [6.45, 7) is 0. The van der Waals surface area contributed by atoms with Crippen LogP contribution in [0.1, 0.15) is 17.4 Å². The zero-order valence-electron chi connectivity index (χ0n) is 15.8. The van der Waals surface area contributed by atoms with Gasteiger partial charge >= 0.3 is 6.18 Å². The van der Waals surface area contributed by atoms with Crippen molar-refractivity contribution >= 4 is 27.8 Å². The molecule has 7 nitrogen and oxygen atoms in total. The topological polar surface area (TPSA) is 86.5 Å². The molecule has 0 aliphatic rings. The van der Waals surface area contributed by atoms with Gasteiger partial charge in [0.25, 0.3) is 5.69 Å². The second-order valence-corrected chi connectivity index (χ2v) is 6.90. The zero-order chi connectivity index (χ0) is 21.9. The predicted octanol–water partition coefficient (Wildman–Crippen LogP) is 5.77. The standard InChI is InChI=1S/C19H16F3N3O4S/c1-28-17(29-2)11-7-8-16(25(26)27)14(9-11)23-18-24-15(10-30-18)12-5-3-4-6-13(12)19(20,21)22/h3-10,17H,1-2H3,(H,23,24). The molecule has 0 saturated heterocycles. The highest BCUT2D eigenvalue weighted by Gasteiger charge is 2.34. The van der Waals surface area contributed by atoms with Crippen molar-refractivity contribution in [3.63, 3.8) is 0 Å². The number of hydrogen-bond acceptors (Lipinski definition) is 7. The molecule has 0 spiro atoms. The largest absolute Gasteiger partial charge is 0.417 e. The van der Waals surface area contributed by atoms with Crippen LogP contribution >= 0.6 is 11.3 Å². The third kappa shape index (κ3) is 4.58. The molecule has 0 aliphatic heterocycles. The van der Waals surface area contributed by atoms with E-state index in [4.69, 9.17) is 9.47 Å². The van der Waals surface area contributed by atoms with E-state index in [0.29, 0.717) is 5.56 Å². The summed E-state index contributed by atoms with van der Waals surface area (Å²) in [5.74, 6) is 0. The molecule has 1 aromatic heterocycles. The number of nitro benzene ring substituents is 1. The summed E-state index contributed by atoms with van der Waals surface area (Å²) in [7, 11) is 2.85. The average molecular weight is 439 g/mol. The van der Waals surface area contributed by atoms with Crippen molar-refractivity contribution in [2.45, 2.75) is 12.5 Å². The fourth-order valence-corrected chi connectivity index (χ4v) is 3.57. The SMILES string of the molecule is COC(OC)c1ccc([N+](=O)[O-])c(Nc2nc(-c3ccccc3C(F)(F)F)cs2)c1. The lowest BCUT2D eigenvalue weighted by Crippen LogP contribution is -2.07. The van der Waals surface area contributed by atoms with E-state index in [1.165, 1.54) is 56.0 Å². The molecule has 3 rings (SSSR count). The maximum absolute atomic E-state index is 13.3. The molecule has 1 N–H and O–H groups in total. The minimum atomic E-state index is -4.53. The molecule has 0 aliphatic carbocycles. The van der Waals surface area contributed by atoms with Crippen molar-refractivity contribution in [2.24, 2.45) is 0 Å². The van der Waals surface area contributed by atoms with E-state index >= 15 is 0 Å². The Kier molecular flexibility index (Phi) is 6.34. The van der Waals surface area contributed by atoms with Crippen LogP contribution in [0.25, 0.3) is 11.3 Å². The summed E-state index contributed by atoms with van der Waals surface area (Å²) in [5, 5.41) is 15.9. The lowest BCUT2D eigenvalue weighted by atomic mass is 10.1. The van der Waals surface area contributed by atoms with Gasteiger partial charge in [0, 0.05) is 36.8 Å². The first kappa shape index (κ1) is 21.7. The third-order valence-corrected chi connectivity index (χ3v) is 4.93. The minimum Gasteiger partial charge on any atom is -0.352 e. The molecule has 0 radical (unpaired) electrons. The molecule has 0 amide bonds. The summed E-state index contributed by atoms with van der Waals surface area (Å²) < 4.78 is 50.2. The van der Waals surface area contributed by atoms with E-state index in [1.807, 2.05) is 0 Å². The molecule has 30 heavy (non-hydrogen) atoms. The molecular formula is C19H16F3N3O4S. The lowest BCUT2D eigenvalue weighted by molar-refractivity contribution is -0.383. The van der Waals surface area contributed by atoms with Gasteiger partial charge in [-0.15, -0.1) is 11.3 Å². The van der Waals surface area contributed by atoms with Gasteiger partial charge in [-0.05, 0) is 18.2 Å². The molecule has 158 valence electrons. The number of nitrogens with zero attached hydrogens (tertiary/aromatic N) is 2. The fourth-order valence-electron chi connectivity index (χ4n) is 2.85. The van der Waals surface area contributed by atoms with Gasteiger partial charge in [-0.3, -0.25) is 10.1 Å². The van der Waals surface area contributed by atoms with Crippen LogP contribution in [0.5, 0.6) is 0 Å². The third-order valence-electron chi connectivity index (χ3n) is 4.17. The van der Waals surface area contributed by atoms with Crippen LogP contribution in [0.4, 0.5) is 29.7 Å². The Morgan fingerprint density at radius 1 is 1.17 bits per heavy atom. The Balaban J connectivity index is 1.97. The van der Waals surface area contributed by atoms with Crippen LogP contribution in [0.3, 0.4) is 0 Å². The monoisotopic (exact) mass is 439 g/mol. The van der Waals surface area contributed by atoms with Crippen molar-refractivity contribution in [1.82, 2.24) is 4.98 Å². The number of methoxy groups -OCH3 is 2. The number of ether oxygens (including phenoxy) is 2. The van der Waals surface area contributed by atoms with Crippen molar-refractivity contribution in [3.05, 3.63) is 69.1 Å². The van der Waals surface area contributed by atoms with Gasteiger partial charge in [-0.2, -0.15) is 13.2 Å². The Morgan fingerprint density at radius 2 is 1.87 bits per heavy atom. The van der Waals surface area contributed by atoms with Gasteiger partial charge in [0.1, 0.15) is 5.69 Å². The van der Waals surface area contributed by atoms with Crippen LogP contribution in [-0.4, -0.2) is 24.1 Å². The molecule has 3 aromatic rings. The number of halogens is 3. The Hall–Kier alpha value is -3.02. The van der Waals surface area contributed by atoms with E-state index in [-0.39, 0.29) is 27.8 Å². The highest BCUT2D eigenvalue weighted by atomic mass is 32.1. The lowest BCUT2D eigenvalue weighted by Gasteiger charge is -2.15. The smallest absolute Gasteiger partial charge is 0.352 e. The number of rotatable bonds is 7. The molecule has 0 atom stereocenters. The van der Waals surface area contributed by atoms with Crippen LogP contribution < -0.4 is 5.32 Å². The van der Waals surface area contributed by atoms with Crippen LogP contribution in [-0.2, 0) is 15.7 Å². The summed E-state index contributed by atoms with van der Waals surface area (Å²) in [6.07, 6.45) is -5.27. The highest BCUT2D eigenvalue weighted by Crippen LogP contribution is 2.39. The van der Waals surface area contributed by atoms with E-state index in [2.05, 4.69) is 10.3 Å². The molecule has 2 aromatic carbocycles. The molecule has 0 bridgehead atoms. The number of nitrogens with one attached hydrogen (secondary N) is 1. The number of nitro groups is 1. The molecule has 0 saturated carbocycles. The Labute approximate surface area is 173 Å². The number of thiazole rings is 1. The first-order chi connectivity index (χ1) is 14.2. The van der Waals surface area contributed by atoms with Crippen LogP contribution in [0.2, 0.25) is 0 Å². The average Bonchev–Trinajstić information content (AvgIpc) is 3.16. The maximum Gasteiger partial charge on any atom is 0.417 e. The Bertz CT molecular complexity index is 1050. The zero-order valence-corrected chi connectivity index (χ0v) is 16.6. The maximum atomic E-state index is 13.3. The molecule has 0 unspecified atom stereocenters. The molecule has 11 heteroatoms. The minimum absolute atomic E-state index is 0.0728. The van der Waals surface area contributed by atoms with Gasteiger partial charge < -0.3 is 14.8 Å². The first-order valence-corrected chi connectivity index (χ1v) is 9.35. The van der Waals surface area contributed by atoms with Crippen molar-refractivity contribution in [1.29, 1.82) is 0 Å². The predicted molar refractivity (Wildman–Crippen MR) is 106 cm³/mol. The quantitative estimate of drug-likeness (QED) is 0.286. The first-order valence-electron chi connectivity index (χ1n) is 8.47. The molecular weight excluding hydrogens is 423 g/mol. The summed E-state index contributed by atoms with van der Waals surface area (Å²) in [5.41, 5.74) is -0.360. The van der Waals surface area contributed by atoms with E-state index in [1.54, 1.807) is 0 Å². The number of aromatic nitrogens is 1. The van der Waals surface area contributed by atoms with Gasteiger partial charge in [-0.1, -0.05) is 18.2 Å². The van der Waals surface area contributed by atoms with Gasteiger partial charge in [0.2, 0.25) is 0 Å². The van der Waals surface area contributed by atoms with Crippen molar-refractivity contribution in [2.75, 3.05) is 19.5 Å². The molecule has 1 heterocycles. The summed E-state index contributed by atoms with van der Waals surface area (Å²) in [6, 6.07) is 9.35. The van der Waals surface area contributed by atoms with E-state index in [9.17, 15) is 23.3 Å². The second-order valence-electron chi connectivity index (χ2n) is 6.04. The normalized spacial score (nSPS) is 11.7. The summed E-state index contributed by atoms with van der Waals surface area (Å²) >= 11 is 1.03. The van der Waals surface area contributed by atoms with Gasteiger partial charge in [0.05, 0.1) is 16.2 Å². The van der Waals surface area contributed by atoms with E-state index < -0.39 is 23.0 Å². The van der Waals surface area contributed by atoms with Gasteiger partial charge in [-0.25, -0.2) is 4.98 Å². The van der Waals surface area contributed by atoms with E-state index in [0.717, 1.165) is 17.4 Å².